The number of nitrogens with zero attached hydrogens (tertiary/aromatic N) is 3. The number of ether oxygens (including phenoxy) is 1. The van der Waals surface area contributed by atoms with Gasteiger partial charge in [0.05, 0.1) is 22.9 Å². The van der Waals surface area contributed by atoms with E-state index in [9.17, 15) is 14.9 Å². The number of nitriles is 1. The van der Waals surface area contributed by atoms with Gasteiger partial charge in [0.2, 0.25) is 0 Å². The van der Waals surface area contributed by atoms with Gasteiger partial charge in [0.1, 0.15) is 24.1 Å². The van der Waals surface area contributed by atoms with Crippen LogP contribution in [0, 0.1) is 11.3 Å². The maximum atomic E-state index is 12.8. The van der Waals surface area contributed by atoms with Crippen molar-refractivity contribution in [3.8, 4) is 11.8 Å². The standard InChI is InChI=1S/C24H20ClN5O3/c1-15(28-14-30-18(12-26)6-4-7-23(30)31)19-9-16-10-20(25)22(11-21(16)29-24(19)32)33-13-17-5-2-3-8-27-17/h2-11,15,28H,13-14H2,1H3,(H,29,32). The second kappa shape index (κ2) is 9.69. The van der Waals surface area contributed by atoms with Crippen LogP contribution in [0.25, 0.3) is 10.9 Å². The SMILES string of the molecule is CC(NCn1c(C#N)cccc1=O)c1cc2cc(Cl)c(OCc3ccccn3)cc2[nH]c1=O. The van der Waals surface area contributed by atoms with Gasteiger partial charge in [0.25, 0.3) is 11.1 Å². The van der Waals surface area contributed by atoms with Crippen molar-refractivity contribution < 1.29 is 4.74 Å². The number of aromatic amines is 1. The average Bonchev–Trinajstić information content (AvgIpc) is 2.82. The van der Waals surface area contributed by atoms with E-state index in [2.05, 4.69) is 15.3 Å². The number of pyridine rings is 3. The van der Waals surface area contributed by atoms with Crippen molar-refractivity contribution in [1.82, 2.24) is 19.9 Å². The fourth-order valence-electron chi connectivity index (χ4n) is 3.41. The Kier molecular flexibility index (Phi) is 6.54. The third-order valence-corrected chi connectivity index (χ3v) is 5.51. The highest BCUT2D eigenvalue weighted by molar-refractivity contribution is 6.32. The molecule has 33 heavy (non-hydrogen) atoms. The van der Waals surface area contributed by atoms with Gasteiger partial charge in [-0.15, -0.1) is 0 Å². The first-order valence-electron chi connectivity index (χ1n) is 10.2. The van der Waals surface area contributed by atoms with Crippen LogP contribution >= 0.6 is 11.6 Å². The van der Waals surface area contributed by atoms with Gasteiger partial charge in [-0.3, -0.25) is 24.5 Å². The zero-order valence-electron chi connectivity index (χ0n) is 17.7. The lowest BCUT2D eigenvalue weighted by atomic mass is 10.1. The highest BCUT2D eigenvalue weighted by Crippen LogP contribution is 2.30. The van der Waals surface area contributed by atoms with Crippen LogP contribution in [0.1, 0.15) is 29.9 Å². The van der Waals surface area contributed by atoms with Crippen LogP contribution in [-0.4, -0.2) is 14.5 Å². The number of aromatic nitrogens is 3. The van der Waals surface area contributed by atoms with Crippen molar-refractivity contribution in [2.24, 2.45) is 0 Å². The average molecular weight is 462 g/mol. The molecule has 0 amide bonds. The van der Waals surface area contributed by atoms with Crippen LogP contribution in [-0.2, 0) is 13.3 Å². The molecule has 0 radical (unpaired) electrons. The van der Waals surface area contributed by atoms with Gasteiger partial charge in [0, 0.05) is 35.3 Å². The fraction of sp³-hybridized carbons (Fsp3) is 0.167. The first-order valence-corrected chi connectivity index (χ1v) is 10.6. The summed E-state index contributed by atoms with van der Waals surface area (Å²) in [5.41, 5.74) is 1.48. The van der Waals surface area contributed by atoms with Crippen molar-refractivity contribution in [2.45, 2.75) is 26.2 Å². The van der Waals surface area contributed by atoms with E-state index in [-0.39, 0.29) is 30.1 Å². The molecule has 166 valence electrons. The monoisotopic (exact) mass is 461 g/mol. The number of H-pyrrole nitrogens is 1. The van der Waals surface area contributed by atoms with Gasteiger partial charge in [0.15, 0.2) is 0 Å². The lowest BCUT2D eigenvalue weighted by Crippen LogP contribution is -2.32. The molecule has 0 fully saturated rings. The number of nitrogens with one attached hydrogen (secondary N) is 2. The minimum absolute atomic E-state index is 0.0856. The summed E-state index contributed by atoms with van der Waals surface area (Å²) in [4.78, 5) is 31.9. The van der Waals surface area contributed by atoms with Crippen molar-refractivity contribution in [3.63, 3.8) is 0 Å². The molecular formula is C24H20ClN5O3. The summed E-state index contributed by atoms with van der Waals surface area (Å²) in [5.74, 6) is 0.442. The van der Waals surface area contributed by atoms with Crippen LogP contribution in [0.5, 0.6) is 5.75 Å². The lowest BCUT2D eigenvalue weighted by Gasteiger charge is -2.16. The minimum atomic E-state index is -0.393. The van der Waals surface area contributed by atoms with Crippen LogP contribution in [0.3, 0.4) is 0 Å². The first-order chi connectivity index (χ1) is 16.0. The number of hydrogen-bond donors (Lipinski definition) is 2. The molecule has 8 nitrogen and oxygen atoms in total. The maximum Gasteiger partial charge on any atom is 0.253 e. The Bertz CT molecular complexity index is 1460. The van der Waals surface area contributed by atoms with E-state index in [1.54, 1.807) is 30.5 Å². The second-order valence-electron chi connectivity index (χ2n) is 7.41. The largest absolute Gasteiger partial charge is 0.486 e. The normalized spacial score (nSPS) is 11.8. The van der Waals surface area contributed by atoms with Crippen molar-refractivity contribution in [2.75, 3.05) is 0 Å². The molecule has 1 unspecified atom stereocenters. The van der Waals surface area contributed by atoms with E-state index in [0.29, 0.717) is 21.9 Å². The predicted octanol–water partition coefficient (Wildman–Crippen LogP) is 3.50. The molecule has 0 spiro atoms. The zero-order valence-corrected chi connectivity index (χ0v) is 18.5. The first kappa shape index (κ1) is 22.3. The molecule has 0 aliphatic carbocycles. The number of hydrogen-bond acceptors (Lipinski definition) is 6. The summed E-state index contributed by atoms with van der Waals surface area (Å²) in [5, 5.41) is 13.5. The molecule has 3 aromatic heterocycles. The molecule has 4 rings (SSSR count). The molecule has 0 bridgehead atoms. The van der Waals surface area contributed by atoms with E-state index in [1.807, 2.05) is 31.2 Å². The molecule has 2 N–H and O–H groups in total. The quantitative estimate of drug-likeness (QED) is 0.435. The number of halogens is 1. The Balaban J connectivity index is 1.55. The molecular weight excluding hydrogens is 442 g/mol. The Hall–Kier alpha value is -3.93. The third-order valence-electron chi connectivity index (χ3n) is 5.21. The van der Waals surface area contributed by atoms with Crippen LogP contribution < -0.4 is 21.2 Å². The number of rotatable bonds is 7. The molecule has 1 aromatic carbocycles. The van der Waals surface area contributed by atoms with Gasteiger partial charge in [-0.05, 0) is 37.3 Å². The Morgan fingerprint density at radius 1 is 1.21 bits per heavy atom. The molecule has 0 aliphatic heterocycles. The Labute approximate surface area is 194 Å². The molecule has 9 heteroatoms. The summed E-state index contributed by atoms with van der Waals surface area (Å²) in [6.45, 7) is 2.14. The maximum absolute atomic E-state index is 12.8. The topological polar surface area (TPSA) is 113 Å². The Morgan fingerprint density at radius 2 is 2.06 bits per heavy atom. The number of fused-ring (bicyclic) bond motifs is 1. The summed E-state index contributed by atoms with van der Waals surface area (Å²) in [6, 6.07) is 16.8. The van der Waals surface area contributed by atoms with E-state index < -0.39 is 6.04 Å². The van der Waals surface area contributed by atoms with Gasteiger partial charge in [-0.2, -0.15) is 5.26 Å². The van der Waals surface area contributed by atoms with Gasteiger partial charge in [-0.1, -0.05) is 23.7 Å². The van der Waals surface area contributed by atoms with Gasteiger partial charge >= 0.3 is 0 Å². The predicted molar refractivity (Wildman–Crippen MR) is 125 cm³/mol. The van der Waals surface area contributed by atoms with E-state index in [4.69, 9.17) is 16.3 Å². The fourth-order valence-corrected chi connectivity index (χ4v) is 3.64. The van der Waals surface area contributed by atoms with Crippen molar-refractivity contribution >= 4 is 22.5 Å². The van der Waals surface area contributed by atoms with E-state index in [0.717, 1.165) is 11.1 Å². The number of benzene rings is 1. The minimum Gasteiger partial charge on any atom is -0.486 e. The molecule has 1 atom stereocenters. The second-order valence-corrected chi connectivity index (χ2v) is 7.81. The highest BCUT2D eigenvalue weighted by Gasteiger charge is 2.14. The molecule has 0 saturated carbocycles. The van der Waals surface area contributed by atoms with Crippen molar-refractivity contribution in [1.29, 1.82) is 5.26 Å². The smallest absolute Gasteiger partial charge is 0.253 e. The molecule has 0 aliphatic rings. The molecule has 3 heterocycles. The van der Waals surface area contributed by atoms with E-state index >= 15 is 0 Å². The van der Waals surface area contributed by atoms with E-state index in [1.165, 1.54) is 16.7 Å². The third kappa shape index (κ3) is 4.95. The Morgan fingerprint density at radius 3 is 2.82 bits per heavy atom. The summed E-state index contributed by atoms with van der Waals surface area (Å²) >= 11 is 6.41. The molecule has 4 aromatic rings. The van der Waals surface area contributed by atoms with Crippen LogP contribution in [0.4, 0.5) is 0 Å². The van der Waals surface area contributed by atoms with Crippen LogP contribution in [0.2, 0.25) is 5.02 Å². The summed E-state index contributed by atoms with van der Waals surface area (Å²) in [7, 11) is 0. The zero-order chi connectivity index (χ0) is 23.4. The summed E-state index contributed by atoms with van der Waals surface area (Å²) in [6.07, 6.45) is 1.68. The van der Waals surface area contributed by atoms with Gasteiger partial charge < -0.3 is 9.72 Å². The lowest BCUT2D eigenvalue weighted by molar-refractivity contribution is 0.302. The summed E-state index contributed by atoms with van der Waals surface area (Å²) < 4.78 is 7.09. The van der Waals surface area contributed by atoms with Gasteiger partial charge in [-0.25, -0.2) is 0 Å². The van der Waals surface area contributed by atoms with Crippen molar-refractivity contribution in [3.05, 3.63) is 103 Å². The highest BCUT2D eigenvalue weighted by atomic mass is 35.5. The molecule has 0 saturated heterocycles. The van der Waals surface area contributed by atoms with Crippen LogP contribution in [0.15, 0.2) is 70.4 Å².